The first-order chi connectivity index (χ1) is 23.4. The molecule has 5 rings (SSSR count). The molecule has 49 heavy (non-hydrogen) atoms. The average Bonchev–Trinajstić information content (AvgIpc) is 3.69. The predicted octanol–water partition coefficient (Wildman–Crippen LogP) is 5.27. The van der Waals surface area contributed by atoms with E-state index in [0.29, 0.717) is 49.3 Å². The number of cyclic esters (lactones) is 1. The van der Waals surface area contributed by atoms with Gasteiger partial charge in [-0.05, 0) is 93.0 Å². The molecule has 2 aromatic carbocycles. The third kappa shape index (κ3) is 9.01. The van der Waals surface area contributed by atoms with Crippen molar-refractivity contribution in [3.05, 3.63) is 64.7 Å². The maximum Gasteiger partial charge on any atom is 0.308 e. The van der Waals surface area contributed by atoms with Gasteiger partial charge >= 0.3 is 5.97 Å². The molecule has 0 bridgehead atoms. The second-order valence-electron chi connectivity index (χ2n) is 14.6. The Balaban J connectivity index is 1.15. The zero-order valence-corrected chi connectivity index (χ0v) is 29.8. The summed E-state index contributed by atoms with van der Waals surface area (Å²) in [5, 5.41) is 5.83. The second kappa shape index (κ2) is 16.2. The lowest BCUT2D eigenvalue weighted by atomic mass is 9.75. The zero-order valence-electron chi connectivity index (χ0n) is 29.8. The molecular weight excluding hydrogens is 622 g/mol. The van der Waals surface area contributed by atoms with Crippen molar-refractivity contribution in [3.8, 4) is 5.75 Å². The Labute approximate surface area is 290 Å². The number of amides is 3. The number of carbonyl (C=O) groups is 4. The van der Waals surface area contributed by atoms with Crippen LogP contribution in [0, 0.1) is 31.6 Å². The molecule has 0 spiro atoms. The van der Waals surface area contributed by atoms with Crippen LogP contribution in [0.15, 0.2) is 42.5 Å². The summed E-state index contributed by atoms with van der Waals surface area (Å²) in [6.45, 7) is 13.2. The van der Waals surface area contributed by atoms with Crippen LogP contribution in [-0.2, 0) is 30.5 Å². The van der Waals surface area contributed by atoms with Crippen LogP contribution in [0.25, 0.3) is 0 Å². The summed E-state index contributed by atoms with van der Waals surface area (Å²) in [6.07, 6.45) is 4.03. The normalized spacial score (nSPS) is 25.9. The van der Waals surface area contributed by atoms with Crippen LogP contribution in [-0.4, -0.2) is 72.1 Å². The molecule has 0 radical (unpaired) electrons. The van der Waals surface area contributed by atoms with Gasteiger partial charge in [0.05, 0.1) is 25.2 Å². The summed E-state index contributed by atoms with van der Waals surface area (Å²) in [6, 6.07) is 11.3. The summed E-state index contributed by atoms with van der Waals surface area (Å²) in [4.78, 5) is 54.3. The number of benzene rings is 2. The predicted molar refractivity (Wildman–Crippen MR) is 186 cm³/mol. The largest absolute Gasteiger partial charge is 0.488 e. The van der Waals surface area contributed by atoms with Crippen molar-refractivity contribution in [2.75, 3.05) is 13.2 Å². The number of nitrogens with one attached hydrogen (secondary N) is 2. The molecule has 2 aliphatic heterocycles. The standard InChI is InChI=1S/C39H53N3O7/c1-23(2)30-15-14-24(3)17-33(30)47-22-34-31(20-35(43)49-34)41-38(45)32-13-10-16-42(32)39(46)27(6)40-37(44)29-18-25(4)36(26(5)19-29)48-21-28-11-8-7-9-12-28/h7-9,11-12,18-19,23-24,27,30-34H,10,13-17,20-22H2,1-6H3,(H,40,44)(H,41,45)/t24-,27+,30+,31?,32+,33-,34?/m1/s1. The quantitative estimate of drug-likeness (QED) is 0.294. The Morgan fingerprint density at radius 2 is 1.73 bits per heavy atom. The fraction of sp³-hybridized carbons (Fsp3) is 0.590. The third-order valence-corrected chi connectivity index (χ3v) is 10.4. The molecular formula is C39H53N3O7. The van der Waals surface area contributed by atoms with E-state index in [1.165, 1.54) is 11.3 Å². The van der Waals surface area contributed by atoms with Crippen LogP contribution in [0.4, 0.5) is 0 Å². The van der Waals surface area contributed by atoms with Crippen LogP contribution in [0.1, 0.15) is 93.3 Å². The molecule has 2 heterocycles. The molecule has 0 aromatic heterocycles. The number of likely N-dealkylation sites (tertiary alicyclic amines) is 1. The first-order valence-corrected chi connectivity index (χ1v) is 17.9. The first-order valence-electron chi connectivity index (χ1n) is 17.9. The number of nitrogens with zero attached hydrogens (tertiary/aromatic N) is 1. The van der Waals surface area contributed by atoms with Gasteiger partial charge in [0.15, 0.2) is 0 Å². The van der Waals surface area contributed by atoms with E-state index in [-0.39, 0.29) is 42.8 Å². The van der Waals surface area contributed by atoms with E-state index in [4.69, 9.17) is 14.2 Å². The van der Waals surface area contributed by atoms with Gasteiger partial charge in [-0.3, -0.25) is 19.2 Å². The molecule has 3 fully saturated rings. The highest BCUT2D eigenvalue weighted by atomic mass is 16.6. The average molecular weight is 676 g/mol. The highest BCUT2D eigenvalue weighted by Crippen LogP contribution is 2.36. The molecule has 10 nitrogen and oxygen atoms in total. The van der Waals surface area contributed by atoms with Gasteiger partial charge in [0.2, 0.25) is 11.8 Å². The third-order valence-electron chi connectivity index (χ3n) is 10.4. The number of hydrogen-bond acceptors (Lipinski definition) is 7. The molecule has 2 saturated heterocycles. The van der Waals surface area contributed by atoms with Crippen LogP contribution in [0.3, 0.4) is 0 Å². The van der Waals surface area contributed by atoms with Gasteiger partial charge in [-0.25, -0.2) is 0 Å². The fourth-order valence-electron chi connectivity index (χ4n) is 7.64. The molecule has 2 aromatic rings. The van der Waals surface area contributed by atoms with Crippen LogP contribution < -0.4 is 15.4 Å². The summed E-state index contributed by atoms with van der Waals surface area (Å²) < 4.78 is 18.0. The Morgan fingerprint density at radius 3 is 2.43 bits per heavy atom. The van der Waals surface area contributed by atoms with E-state index >= 15 is 0 Å². The smallest absolute Gasteiger partial charge is 0.308 e. The monoisotopic (exact) mass is 675 g/mol. The van der Waals surface area contributed by atoms with E-state index in [0.717, 1.165) is 35.3 Å². The molecule has 1 aliphatic carbocycles. The minimum atomic E-state index is -0.847. The van der Waals surface area contributed by atoms with Gasteiger partial charge in [-0.15, -0.1) is 0 Å². The summed E-state index contributed by atoms with van der Waals surface area (Å²) >= 11 is 0. The van der Waals surface area contributed by atoms with Gasteiger partial charge in [0, 0.05) is 12.1 Å². The lowest BCUT2D eigenvalue weighted by Crippen LogP contribution is -2.55. The highest BCUT2D eigenvalue weighted by molar-refractivity contribution is 5.99. The number of hydrogen-bond donors (Lipinski definition) is 2. The maximum atomic E-state index is 13.6. The van der Waals surface area contributed by atoms with Crippen LogP contribution in [0.5, 0.6) is 5.75 Å². The number of aryl methyl sites for hydroxylation is 2. The van der Waals surface area contributed by atoms with Crippen LogP contribution >= 0.6 is 0 Å². The van der Waals surface area contributed by atoms with Gasteiger partial charge in [0.1, 0.15) is 30.5 Å². The Morgan fingerprint density at radius 1 is 1.02 bits per heavy atom. The molecule has 3 aliphatic rings. The summed E-state index contributed by atoms with van der Waals surface area (Å²) in [5.74, 6) is 0.865. The summed E-state index contributed by atoms with van der Waals surface area (Å²) in [7, 11) is 0. The van der Waals surface area contributed by atoms with Gasteiger partial charge < -0.3 is 29.7 Å². The molecule has 3 amide bonds. The highest BCUT2D eigenvalue weighted by Gasteiger charge is 2.42. The second-order valence-corrected chi connectivity index (χ2v) is 14.6. The molecule has 2 N–H and O–H groups in total. The topological polar surface area (TPSA) is 123 Å². The van der Waals surface area contributed by atoms with Gasteiger partial charge in [0.25, 0.3) is 5.91 Å². The van der Waals surface area contributed by atoms with Crippen molar-refractivity contribution in [3.63, 3.8) is 0 Å². The van der Waals surface area contributed by atoms with Crippen molar-refractivity contribution in [1.82, 2.24) is 15.5 Å². The van der Waals surface area contributed by atoms with Crippen molar-refractivity contribution >= 4 is 23.7 Å². The summed E-state index contributed by atoms with van der Waals surface area (Å²) in [5.41, 5.74) is 3.12. The Kier molecular flexibility index (Phi) is 12.0. The van der Waals surface area contributed by atoms with E-state index in [1.807, 2.05) is 44.2 Å². The molecule has 10 heteroatoms. The van der Waals surface area contributed by atoms with E-state index in [2.05, 4.69) is 31.4 Å². The van der Waals surface area contributed by atoms with Crippen molar-refractivity contribution in [2.24, 2.45) is 17.8 Å². The van der Waals surface area contributed by atoms with E-state index < -0.39 is 24.2 Å². The molecule has 7 atom stereocenters. The van der Waals surface area contributed by atoms with Crippen LogP contribution in [0.2, 0.25) is 0 Å². The lowest BCUT2D eigenvalue weighted by molar-refractivity contribution is -0.146. The number of esters is 1. The Hall–Kier alpha value is -3.92. The minimum absolute atomic E-state index is 0.0660. The number of ether oxygens (including phenoxy) is 3. The maximum absolute atomic E-state index is 13.6. The molecule has 266 valence electrons. The fourth-order valence-corrected chi connectivity index (χ4v) is 7.64. The SMILES string of the molecule is Cc1cc(C(=O)N[C@@H](C)C(=O)N2CCC[C@H]2C(=O)NC2CC(=O)OC2CO[C@@H]2C[C@H](C)CC[C@H]2C(C)C)cc(C)c1OCc1ccccc1. The van der Waals surface area contributed by atoms with Crippen molar-refractivity contribution in [2.45, 2.75) is 117 Å². The number of rotatable bonds is 12. The number of carbonyl (C=O) groups excluding carboxylic acids is 4. The van der Waals surface area contributed by atoms with Crippen molar-refractivity contribution in [1.29, 1.82) is 0 Å². The van der Waals surface area contributed by atoms with Gasteiger partial charge in [-0.1, -0.05) is 57.5 Å². The van der Waals surface area contributed by atoms with E-state index in [9.17, 15) is 19.2 Å². The molecule has 1 saturated carbocycles. The molecule has 2 unspecified atom stereocenters. The Bertz CT molecular complexity index is 1470. The minimum Gasteiger partial charge on any atom is -0.488 e. The first kappa shape index (κ1) is 36.4. The lowest BCUT2D eigenvalue weighted by Gasteiger charge is -2.37. The van der Waals surface area contributed by atoms with Crippen molar-refractivity contribution < 1.29 is 33.4 Å². The zero-order chi connectivity index (χ0) is 35.2. The van der Waals surface area contributed by atoms with Gasteiger partial charge in [-0.2, -0.15) is 0 Å². The van der Waals surface area contributed by atoms with E-state index in [1.54, 1.807) is 19.1 Å².